The number of hydrogen-bond donors (Lipinski definition) is 7. The highest BCUT2D eigenvalue weighted by molar-refractivity contribution is 7.45. The van der Waals surface area contributed by atoms with Crippen LogP contribution in [0.3, 0.4) is 0 Å². The molecular weight excluding hydrogens is 271 g/mol. The molecule has 0 radical (unpaired) electrons. The first kappa shape index (κ1) is 21.0. The van der Waals surface area contributed by atoms with Crippen molar-refractivity contribution in [2.75, 3.05) is 39.3 Å². The Balaban J connectivity index is 0. The molecule has 0 heterocycles. The molecule has 19 heavy (non-hydrogen) atoms. The highest BCUT2D eigenvalue weighted by Gasteiger charge is 2.00. The average molecular weight is 298 g/mol. The fraction of sp³-hybridized carbons (Fsp3) is 0.800. The molecule has 116 valence electrons. The van der Waals surface area contributed by atoms with Crippen molar-refractivity contribution in [2.45, 2.75) is 12.8 Å². The van der Waals surface area contributed by atoms with Gasteiger partial charge in [-0.3, -0.25) is 0 Å². The topological polar surface area (TPSA) is 154 Å². The largest absolute Gasteiger partial charge is 0.466 e. The van der Waals surface area contributed by atoms with Crippen molar-refractivity contribution in [3.05, 3.63) is 12.2 Å². The Morgan fingerprint density at radius 1 is 0.895 bits per heavy atom. The number of phosphoric acid groups is 1. The third kappa shape index (κ3) is 38.1. The van der Waals surface area contributed by atoms with Gasteiger partial charge in [0.1, 0.15) is 0 Å². The maximum Gasteiger partial charge on any atom is 0.466 e. The third-order valence-corrected chi connectivity index (χ3v) is 1.81. The van der Waals surface area contributed by atoms with E-state index < -0.39 is 7.82 Å². The lowest BCUT2D eigenvalue weighted by Crippen LogP contribution is -2.19. The molecular formula is C10H27N4O4P. The summed E-state index contributed by atoms with van der Waals surface area (Å²) >= 11 is 0. The minimum atomic E-state index is -4.64. The lowest BCUT2D eigenvalue weighted by atomic mass is 10.4. The zero-order valence-electron chi connectivity index (χ0n) is 11.2. The average Bonchev–Trinajstić information content (AvgIpc) is 2.29. The molecule has 9 N–H and O–H groups in total. The minimum Gasteiger partial charge on any atom is -0.330 e. The van der Waals surface area contributed by atoms with E-state index in [1.165, 1.54) is 0 Å². The van der Waals surface area contributed by atoms with Crippen molar-refractivity contribution in [3.63, 3.8) is 0 Å². The van der Waals surface area contributed by atoms with Gasteiger partial charge in [0.05, 0.1) is 0 Å². The zero-order chi connectivity index (χ0) is 15.0. The van der Waals surface area contributed by atoms with E-state index in [-0.39, 0.29) is 0 Å². The van der Waals surface area contributed by atoms with E-state index in [1.807, 2.05) is 0 Å². The van der Waals surface area contributed by atoms with Gasteiger partial charge in [0.15, 0.2) is 0 Å². The lowest BCUT2D eigenvalue weighted by molar-refractivity contribution is 0.275. The van der Waals surface area contributed by atoms with Gasteiger partial charge in [-0.15, -0.1) is 0 Å². The van der Waals surface area contributed by atoms with Crippen LogP contribution in [-0.2, 0) is 4.57 Å². The van der Waals surface area contributed by atoms with Crippen molar-refractivity contribution in [3.8, 4) is 0 Å². The Kier molecular flexibility index (Phi) is 17.4. The van der Waals surface area contributed by atoms with Crippen LogP contribution in [0.1, 0.15) is 12.8 Å². The molecule has 0 aliphatic heterocycles. The summed E-state index contributed by atoms with van der Waals surface area (Å²) in [6, 6.07) is 0. The molecule has 0 unspecified atom stereocenters. The van der Waals surface area contributed by atoms with Crippen LogP contribution in [0.5, 0.6) is 0 Å². The van der Waals surface area contributed by atoms with E-state index in [1.54, 1.807) is 0 Å². The van der Waals surface area contributed by atoms with Gasteiger partial charge in [0.25, 0.3) is 0 Å². The fourth-order valence-electron chi connectivity index (χ4n) is 0.992. The number of nitrogens with two attached hydrogens (primary N) is 2. The van der Waals surface area contributed by atoms with Crippen LogP contribution in [0.4, 0.5) is 0 Å². The Hall–Kier alpha value is -0.310. The first-order valence-corrected chi connectivity index (χ1v) is 7.73. The monoisotopic (exact) mass is 298 g/mol. The van der Waals surface area contributed by atoms with E-state index in [0.717, 1.165) is 52.1 Å². The summed E-state index contributed by atoms with van der Waals surface area (Å²) in [6.45, 7) is 5.38. The van der Waals surface area contributed by atoms with E-state index in [4.69, 9.17) is 30.7 Å². The summed E-state index contributed by atoms with van der Waals surface area (Å²) in [4.78, 5) is 21.6. The summed E-state index contributed by atoms with van der Waals surface area (Å²) in [6.07, 6.45) is 6.35. The van der Waals surface area contributed by atoms with E-state index in [0.29, 0.717) is 0 Å². The Bertz CT molecular complexity index is 225. The highest BCUT2D eigenvalue weighted by Crippen LogP contribution is 2.25. The molecule has 0 aromatic heterocycles. The van der Waals surface area contributed by atoms with E-state index in [2.05, 4.69) is 22.8 Å². The Morgan fingerprint density at radius 2 is 1.21 bits per heavy atom. The molecule has 0 aliphatic rings. The summed E-state index contributed by atoms with van der Waals surface area (Å²) in [5.41, 5.74) is 10.7. The summed E-state index contributed by atoms with van der Waals surface area (Å²) in [5.74, 6) is 0. The molecule has 0 aromatic carbocycles. The van der Waals surface area contributed by atoms with Crippen molar-refractivity contribution in [1.29, 1.82) is 0 Å². The van der Waals surface area contributed by atoms with Crippen molar-refractivity contribution < 1.29 is 19.2 Å². The molecule has 0 aromatic rings. The molecule has 0 fully saturated rings. The Labute approximate surface area is 114 Å². The molecule has 0 aliphatic carbocycles. The second-order valence-electron chi connectivity index (χ2n) is 3.68. The van der Waals surface area contributed by atoms with Crippen LogP contribution >= 0.6 is 7.82 Å². The maximum atomic E-state index is 8.88. The van der Waals surface area contributed by atoms with Gasteiger partial charge in [0.2, 0.25) is 0 Å². The molecule has 0 spiro atoms. The van der Waals surface area contributed by atoms with Gasteiger partial charge in [-0.25, -0.2) is 4.57 Å². The molecule has 0 saturated carbocycles. The van der Waals surface area contributed by atoms with Gasteiger partial charge in [-0.1, -0.05) is 12.2 Å². The van der Waals surface area contributed by atoms with Crippen molar-refractivity contribution in [2.24, 2.45) is 11.5 Å². The first-order valence-electron chi connectivity index (χ1n) is 6.16. The number of hydrogen-bond acceptors (Lipinski definition) is 5. The summed E-state index contributed by atoms with van der Waals surface area (Å²) < 4.78 is 8.88. The van der Waals surface area contributed by atoms with Gasteiger partial charge < -0.3 is 36.8 Å². The quantitative estimate of drug-likeness (QED) is 0.146. The second-order valence-corrected chi connectivity index (χ2v) is 4.70. The van der Waals surface area contributed by atoms with Crippen LogP contribution in [0.2, 0.25) is 0 Å². The molecule has 0 amide bonds. The molecule has 0 atom stereocenters. The van der Waals surface area contributed by atoms with Gasteiger partial charge in [-0.05, 0) is 39.0 Å². The van der Waals surface area contributed by atoms with Crippen LogP contribution in [0.15, 0.2) is 12.2 Å². The van der Waals surface area contributed by atoms with Gasteiger partial charge in [-0.2, -0.15) is 0 Å². The van der Waals surface area contributed by atoms with Crippen molar-refractivity contribution >= 4 is 7.82 Å². The van der Waals surface area contributed by atoms with E-state index >= 15 is 0 Å². The fourth-order valence-corrected chi connectivity index (χ4v) is 0.992. The van der Waals surface area contributed by atoms with E-state index in [9.17, 15) is 0 Å². The van der Waals surface area contributed by atoms with Gasteiger partial charge >= 0.3 is 7.82 Å². The minimum absolute atomic E-state index is 0.761. The molecule has 0 rings (SSSR count). The molecule has 0 saturated heterocycles. The molecule has 9 heteroatoms. The Morgan fingerprint density at radius 3 is 1.47 bits per heavy atom. The van der Waals surface area contributed by atoms with Crippen LogP contribution in [0.25, 0.3) is 0 Å². The molecule has 0 bridgehead atoms. The smallest absolute Gasteiger partial charge is 0.330 e. The molecule has 8 nitrogen and oxygen atoms in total. The standard InChI is InChI=1S/C10H24N4.H3O4P/c11-5-3-9-13-7-1-2-8-14-10-4-6-12;1-5(2,3)4/h1-2,13-14H,3-12H2;(H3,1,2,3,4)/b2-1+;. The van der Waals surface area contributed by atoms with Gasteiger partial charge in [0, 0.05) is 13.1 Å². The third-order valence-electron chi connectivity index (χ3n) is 1.81. The summed E-state index contributed by atoms with van der Waals surface area (Å²) in [7, 11) is -4.64. The predicted octanol–water partition coefficient (Wildman–Crippen LogP) is -1.51. The predicted molar refractivity (Wildman–Crippen MR) is 76.5 cm³/mol. The zero-order valence-corrected chi connectivity index (χ0v) is 12.1. The number of nitrogens with one attached hydrogen (secondary N) is 2. The summed E-state index contributed by atoms with van der Waals surface area (Å²) in [5, 5.41) is 6.55. The van der Waals surface area contributed by atoms with Crippen LogP contribution < -0.4 is 22.1 Å². The highest BCUT2D eigenvalue weighted by atomic mass is 31.2. The van der Waals surface area contributed by atoms with Crippen LogP contribution in [-0.4, -0.2) is 53.9 Å². The number of rotatable bonds is 10. The normalized spacial score (nSPS) is 11.4. The van der Waals surface area contributed by atoms with Crippen LogP contribution in [0, 0.1) is 0 Å². The first-order chi connectivity index (χ1) is 8.91. The lowest BCUT2D eigenvalue weighted by Gasteiger charge is -1.99. The SMILES string of the molecule is NCCCNC/C=C/CNCCCN.O=P(O)(O)O. The maximum absolute atomic E-state index is 8.88. The van der Waals surface area contributed by atoms with Crippen molar-refractivity contribution in [1.82, 2.24) is 10.6 Å². The second kappa shape index (κ2) is 15.7.